The van der Waals surface area contributed by atoms with E-state index in [-0.39, 0.29) is 24.9 Å². The average molecular weight is 870 g/mol. The van der Waals surface area contributed by atoms with Gasteiger partial charge in [-0.25, -0.2) is 0 Å². The van der Waals surface area contributed by atoms with Crippen LogP contribution in [0, 0.1) is 0 Å². The first-order valence-electron chi connectivity index (χ1n) is 26.9. The van der Waals surface area contributed by atoms with Gasteiger partial charge in [0.05, 0.1) is 25.2 Å². The summed E-state index contributed by atoms with van der Waals surface area (Å²) in [6.45, 7) is 6.45. The summed E-state index contributed by atoms with van der Waals surface area (Å²) in [4.78, 5) is 26.2. The molecule has 0 aliphatic rings. The molecule has 3 unspecified atom stereocenters. The van der Waals surface area contributed by atoms with Crippen LogP contribution in [0.2, 0.25) is 0 Å². The van der Waals surface area contributed by atoms with Crippen LogP contribution in [0.3, 0.4) is 0 Å². The van der Waals surface area contributed by atoms with Gasteiger partial charge in [-0.1, -0.05) is 256 Å². The molecule has 6 nitrogen and oxygen atoms in total. The number of amides is 1. The Hall–Kier alpha value is -2.18. The van der Waals surface area contributed by atoms with Gasteiger partial charge in [-0.3, -0.25) is 9.59 Å². The second-order valence-corrected chi connectivity index (χ2v) is 18.4. The van der Waals surface area contributed by atoms with E-state index in [2.05, 4.69) is 74.7 Å². The van der Waals surface area contributed by atoms with Gasteiger partial charge in [-0.15, -0.1) is 0 Å². The second kappa shape index (κ2) is 49.8. The molecule has 0 saturated heterocycles. The highest BCUT2D eigenvalue weighted by molar-refractivity contribution is 5.77. The van der Waals surface area contributed by atoms with E-state index >= 15 is 0 Å². The fourth-order valence-electron chi connectivity index (χ4n) is 8.15. The Balaban J connectivity index is 4.64. The van der Waals surface area contributed by atoms with Crippen LogP contribution in [0.4, 0.5) is 0 Å². The molecule has 0 aromatic heterocycles. The molecule has 0 bridgehead atoms. The molecule has 362 valence electrons. The molecule has 6 heteroatoms. The predicted molar refractivity (Wildman–Crippen MR) is 269 cm³/mol. The Morgan fingerprint density at radius 1 is 0.468 bits per heavy atom. The highest BCUT2D eigenvalue weighted by atomic mass is 16.5. The van der Waals surface area contributed by atoms with Crippen LogP contribution in [-0.2, 0) is 14.3 Å². The number of aliphatic hydroxyl groups is 2. The molecule has 0 spiro atoms. The van der Waals surface area contributed by atoms with Crippen LogP contribution < -0.4 is 5.32 Å². The molecule has 0 aliphatic heterocycles. The van der Waals surface area contributed by atoms with E-state index in [0.29, 0.717) is 19.3 Å². The Bertz CT molecular complexity index is 1070. The van der Waals surface area contributed by atoms with E-state index in [1.165, 1.54) is 154 Å². The van der Waals surface area contributed by atoms with E-state index in [1.54, 1.807) is 0 Å². The lowest BCUT2D eigenvalue weighted by Crippen LogP contribution is -2.46. The molecular weight excluding hydrogens is 767 g/mol. The number of allylic oxidation sites excluding steroid dienone is 8. The van der Waals surface area contributed by atoms with E-state index in [4.69, 9.17) is 4.74 Å². The Labute approximate surface area is 385 Å². The molecule has 0 aromatic carbocycles. The van der Waals surface area contributed by atoms with Crippen LogP contribution in [0.5, 0.6) is 0 Å². The normalized spacial score (nSPS) is 13.6. The van der Waals surface area contributed by atoms with Gasteiger partial charge in [0.15, 0.2) is 0 Å². The Morgan fingerprint density at radius 2 is 0.823 bits per heavy atom. The van der Waals surface area contributed by atoms with Crippen molar-refractivity contribution in [1.82, 2.24) is 5.32 Å². The first kappa shape index (κ1) is 59.8. The molecule has 1 amide bonds. The first-order valence-corrected chi connectivity index (χ1v) is 26.9. The number of esters is 1. The average Bonchev–Trinajstić information content (AvgIpc) is 3.26. The molecule has 0 saturated carbocycles. The lowest BCUT2D eigenvalue weighted by Gasteiger charge is -2.24. The number of carbonyl (C=O) groups excluding carboxylic acids is 2. The smallest absolute Gasteiger partial charge is 0.306 e. The van der Waals surface area contributed by atoms with Crippen molar-refractivity contribution in [2.24, 2.45) is 0 Å². The van der Waals surface area contributed by atoms with Crippen molar-refractivity contribution in [3.05, 3.63) is 48.6 Å². The Kier molecular flexibility index (Phi) is 48.1. The van der Waals surface area contributed by atoms with Gasteiger partial charge in [0.2, 0.25) is 5.91 Å². The summed E-state index contributed by atoms with van der Waals surface area (Å²) in [5.74, 6) is -0.503. The predicted octanol–water partition coefficient (Wildman–Crippen LogP) is 16.2. The fraction of sp³-hybridized carbons (Fsp3) is 0.821. The summed E-state index contributed by atoms with van der Waals surface area (Å²) in [6, 6.07) is -0.713. The van der Waals surface area contributed by atoms with Crippen molar-refractivity contribution in [3.8, 4) is 0 Å². The van der Waals surface area contributed by atoms with Crippen molar-refractivity contribution in [1.29, 1.82) is 0 Å². The molecule has 3 N–H and O–H groups in total. The third-order valence-corrected chi connectivity index (χ3v) is 12.3. The molecule has 0 aliphatic carbocycles. The van der Waals surface area contributed by atoms with Crippen LogP contribution >= 0.6 is 0 Å². The molecule has 0 fully saturated rings. The number of unbranched alkanes of at least 4 members (excludes halogenated alkanes) is 31. The number of rotatable bonds is 48. The van der Waals surface area contributed by atoms with Crippen molar-refractivity contribution in [2.75, 3.05) is 6.61 Å². The van der Waals surface area contributed by atoms with E-state index in [0.717, 1.165) is 70.6 Å². The van der Waals surface area contributed by atoms with Crippen LogP contribution in [-0.4, -0.2) is 46.9 Å². The minimum atomic E-state index is -0.797. The summed E-state index contributed by atoms with van der Waals surface area (Å²) >= 11 is 0. The van der Waals surface area contributed by atoms with Crippen LogP contribution in [0.25, 0.3) is 0 Å². The summed E-state index contributed by atoms with van der Waals surface area (Å²) in [7, 11) is 0. The first-order chi connectivity index (χ1) is 30.5. The van der Waals surface area contributed by atoms with Gasteiger partial charge in [-0.2, -0.15) is 0 Å². The van der Waals surface area contributed by atoms with Gasteiger partial charge in [0.25, 0.3) is 0 Å². The van der Waals surface area contributed by atoms with Gasteiger partial charge in [0, 0.05) is 6.42 Å². The molecule has 0 radical (unpaired) electrons. The SMILES string of the molecule is CCCCC/C=C/C=C/C=C/C=C/CCCCCC(CC(=O)NC(CO)C(O)CCCCCCCCCCCCCCCC)OC(=O)CCCCCCCCCCCCCCC. The standard InChI is InChI=1S/C56H103NO5/c1-4-7-10-13-16-19-22-25-27-28-30-32-35-38-41-44-47-52(62-56(61)49-46-43-40-37-34-29-24-21-18-15-12-9-6-3)50-55(60)57-53(51-58)54(59)48-45-42-39-36-33-31-26-23-20-17-14-11-8-5-2/h16,19,22,25,27-28,30,32,52-54,58-59H,4-15,17-18,20-21,23-24,26,29,31,33-51H2,1-3H3,(H,57,60)/b19-16+,25-22+,28-27+,32-30+. The monoisotopic (exact) mass is 870 g/mol. The summed E-state index contributed by atoms with van der Waals surface area (Å²) in [5.41, 5.74) is 0. The van der Waals surface area contributed by atoms with Crippen molar-refractivity contribution in [2.45, 2.75) is 289 Å². The third kappa shape index (κ3) is 44.4. The molecule has 3 atom stereocenters. The van der Waals surface area contributed by atoms with Crippen LogP contribution in [0.15, 0.2) is 48.6 Å². The maximum absolute atomic E-state index is 13.2. The van der Waals surface area contributed by atoms with Gasteiger partial charge >= 0.3 is 5.97 Å². The molecule has 0 aromatic rings. The van der Waals surface area contributed by atoms with Gasteiger partial charge < -0.3 is 20.3 Å². The maximum Gasteiger partial charge on any atom is 0.306 e. The fourth-order valence-corrected chi connectivity index (χ4v) is 8.15. The zero-order valence-corrected chi connectivity index (χ0v) is 41.3. The van der Waals surface area contributed by atoms with Crippen molar-refractivity contribution in [3.63, 3.8) is 0 Å². The highest BCUT2D eigenvalue weighted by Crippen LogP contribution is 2.18. The second-order valence-electron chi connectivity index (χ2n) is 18.4. The number of hydrogen-bond acceptors (Lipinski definition) is 5. The maximum atomic E-state index is 13.2. The molecular formula is C56H103NO5. The number of carbonyl (C=O) groups is 2. The highest BCUT2D eigenvalue weighted by Gasteiger charge is 2.24. The van der Waals surface area contributed by atoms with Gasteiger partial charge in [-0.05, 0) is 51.4 Å². The quantitative estimate of drug-likeness (QED) is 0.0322. The van der Waals surface area contributed by atoms with Gasteiger partial charge in [0.1, 0.15) is 6.10 Å². The minimum Gasteiger partial charge on any atom is -0.462 e. The summed E-state index contributed by atoms with van der Waals surface area (Å²) < 4.78 is 5.93. The molecule has 0 rings (SSSR count). The van der Waals surface area contributed by atoms with Crippen LogP contribution in [0.1, 0.15) is 271 Å². The van der Waals surface area contributed by atoms with E-state index in [9.17, 15) is 19.8 Å². The lowest BCUT2D eigenvalue weighted by molar-refractivity contribution is -0.151. The molecule has 0 heterocycles. The number of aliphatic hydroxyl groups excluding tert-OH is 2. The minimum absolute atomic E-state index is 0.0541. The van der Waals surface area contributed by atoms with Crippen molar-refractivity contribution < 1.29 is 24.5 Å². The molecule has 62 heavy (non-hydrogen) atoms. The largest absolute Gasteiger partial charge is 0.462 e. The lowest BCUT2D eigenvalue weighted by atomic mass is 10.0. The zero-order chi connectivity index (χ0) is 45.2. The van der Waals surface area contributed by atoms with E-state index < -0.39 is 18.2 Å². The number of hydrogen-bond donors (Lipinski definition) is 3. The summed E-state index contributed by atoms with van der Waals surface area (Å²) in [6.07, 6.45) is 60.2. The zero-order valence-electron chi connectivity index (χ0n) is 41.3. The van der Waals surface area contributed by atoms with E-state index in [1.807, 2.05) is 0 Å². The topological polar surface area (TPSA) is 95.9 Å². The summed E-state index contributed by atoms with van der Waals surface area (Å²) in [5, 5.41) is 23.8. The number of nitrogens with one attached hydrogen (secondary N) is 1. The Morgan fingerprint density at radius 3 is 1.27 bits per heavy atom. The third-order valence-electron chi connectivity index (χ3n) is 12.3. The number of ether oxygens (including phenoxy) is 1. The van der Waals surface area contributed by atoms with Crippen molar-refractivity contribution >= 4 is 11.9 Å².